The van der Waals surface area contributed by atoms with Gasteiger partial charge in [-0.1, -0.05) is 30.7 Å². The van der Waals surface area contributed by atoms with Gasteiger partial charge in [0.25, 0.3) is 0 Å². The first-order chi connectivity index (χ1) is 16.0. The van der Waals surface area contributed by atoms with Crippen LogP contribution in [0.3, 0.4) is 0 Å². The van der Waals surface area contributed by atoms with Crippen LogP contribution in [0.1, 0.15) is 33.3 Å². The van der Waals surface area contributed by atoms with Crippen LogP contribution in [0.5, 0.6) is 23.0 Å². The summed E-state index contributed by atoms with van der Waals surface area (Å²) < 4.78 is 12.8. The second kappa shape index (κ2) is 10.1. The zero-order valence-corrected chi connectivity index (χ0v) is 19.8. The number of hydrogen-bond acceptors (Lipinski definition) is 6. The summed E-state index contributed by atoms with van der Waals surface area (Å²) in [7, 11) is 0. The largest absolute Gasteiger partial charge is 0.508 e. The average Bonchev–Trinajstić information content (AvgIpc) is 3.14. The second-order valence-electron chi connectivity index (χ2n) is 7.86. The Kier molecular flexibility index (Phi) is 6.96. The summed E-state index contributed by atoms with van der Waals surface area (Å²) in [6.45, 7) is 8.28. The zero-order chi connectivity index (χ0) is 23.4. The first-order valence-electron chi connectivity index (χ1n) is 10.9. The van der Waals surface area contributed by atoms with Crippen molar-refractivity contribution in [3.63, 3.8) is 0 Å². The number of benzene rings is 3. The molecule has 0 aliphatic heterocycles. The highest BCUT2D eigenvalue weighted by Gasteiger charge is 2.23. The van der Waals surface area contributed by atoms with Gasteiger partial charge < -0.3 is 19.9 Å². The van der Waals surface area contributed by atoms with E-state index in [0.717, 1.165) is 40.1 Å². The Labute approximate surface area is 197 Å². The molecule has 3 aromatic carbocycles. The van der Waals surface area contributed by atoms with Crippen molar-refractivity contribution in [3.05, 3.63) is 82.2 Å². The number of nitrogens with one attached hydrogen (secondary N) is 1. The van der Waals surface area contributed by atoms with E-state index >= 15 is 0 Å². The molecular weight excluding hydrogens is 434 g/mol. The molecule has 1 heterocycles. The van der Waals surface area contributed by atoms with Crippen molar-refractivity contribution < 1.29 is 19.4 Å². The molecule has 0 spiro atoms. The number of phenolic OH excluding ortho intramolecular Hbond substituents is 1. The van der Waals surface area contributed by atoms with Crippen molar-refractivity contribution in [3.8, 4) is 23.0 Å². The standard InChI is InChI=1S/C27H27NO4S/c1-4-28-13-14-31-20-7-9-21(10-8-20)32-26-23-12-6-19(29)16-24(23)33-27(26)25(30)22-11-5-17(2)15-18(22)3/h5-12,15-16,28-29H,4,13-14H2,1-3H3. The first kappa shape index (κ1) is 22.8. The maximum atomic E-state index is 13.5. The number of fused-ring (bicyclic) bond motifs is 1. The number of ketones is 1. The SMILES string of the molecule is CCNCCOc1ccc(Oc2c(C(=O)c3ccc(C)cc3C)sc3cc(O)ccc23)cc1. The van der Waals surface area contributed by atoms with E-state index in [2.05, 4.69) is 12.2 Å². The van der Waals surface area contributed by atoms with Gasteiger partial charge in [-0.15, -0.1) is 11.3 Å². The molecular formula is C27H27NO4S. The van der Waals surface area contributed by atoms with Crippen LogP contribution in [0.4, 0.5) is 0 Å². The maximum absolute atomic E-state index is 13.5. The van der Waals surface area contributed by atoms with E-state index in [-0.39, 0.29) is 11.5 Å². The van der Waals surface area contributed by atoms with Crippen LogP contribution in [0.15, 0.2) is 60.7 Å². The molecule has 0 aliphatic rings. The predicted molar refractivity (Wildman–Crippen MR) is 133 cm³/mol. The Morgan fingerprint density at radius 3 is 2.48 bits per heavy atom. The molecule has 0 saturated heterocycles. The lowest BCUT2D eigenvalue weighted by Gasteiger charge is -2.11. The number of thiophene rings is 1. The molecule has 4 rings (SSSR count). The van der Waals surface area contributed by atoms with Crippen molar-refractivity contribution in [1.82, 2.24) is 5.32 Å². The van der Waals surface area contributed by atoms with Gasteiger partial charge in [-0.2, -0.15) is 0 Å². The van der Waals surface area contributed by atoms with Crippen LogP contribution in [-0.2, 0) is 0 Å². The van der Waals surface area contributed by atoms with Crippen LogP contribution in [-0.4, -0.2) is 30.6 Å². The molecule has 0 unspecified atom stereocenters. The van der Waals surface area contributed by atoms with Crippen LogP contribution in [0, 0.1) is 13.8 Å². The Morgan fingerprint density at radius 2 is 1.76 bits per heavy atom. The molecule has 6 heteroatoms. The van der Waals surface area contributed by atoms with Crippen molar-refractivity contribution in [2.75, 3.05) is 19.7 Å². The lowest BCUT2D eigenvalue weighted by Crippen LogP contribution is -2.20. The fraction of sp³-hybridized carbons (Fsp3) is 0.222. The van der Waals surface area contributed by atoms with Crippen LogP contribution >= 0.6 is 11.3 Å². The number of carbonyl (C=O) groups excluding carboxylic acids is 1. The summed E-state index contributed by atoms with van der Waals surface area (Å²) in [6.07, 6.45) is 0. The van der Waals surface area contributed by atoms with Gasteiger partial charge in [0.15, 0.2) is 5.75 Å². The number of carbonyl (C=O) groups is 1. The van der Waals surface area contributed by atoms with Gasteiger partial charge in [-0.3, -0.25) is 4.79 Å². The summed E-state index contributed by atoms with van der Waals surface area (Å²) in [5.74, 6) is 1.93. The van der Waals surface area contributed by atoms with E-state index in [1.165, 1.54) is 11.3 Å². The molecule has 5 nitrogen and oxygen atoms in total. The quantitative estimate of drug-likeness (QED) is 0.228. The first-order valence-corrected chi connectivity index (χ1v) is 11.8. The summed E-state index contributed by atoms with van der Waals surface area (Å²) in [5, 5.41) is 14.0. The normalized spacial score (nSPS) is 11.0. The molecule has 2 N–H and O–H groups in total. The van der Waals surface area contributed by atoms with E-state index in [1.54, 1.807) is 18.2 Å². The Hall–Kier alpha value is -3.35. The average molecular weight is 462 g/mol. The molecule has 0 amide bonds. The van der Waals surface area contributed by atoms with E-state index in [4.69, 9.17) is 9.47 Å². The molecule has 0 radical (unpaired) electrons. The summed E-state index contributed by atoms with van der Waals surface area (Å²) in [6, 6.07) is 18.2. The number of ether oxygens (including phenoxy) is 2. The van der Waals surface area contributed by atoms with Crippen LogP contribution in [0.25, 0.3) is 10.1 Å². The van der Waals surface area contributed by atoms with Gasteiger partial charge in [0.2, 0.25) is 5.78 Å². The lowest BCUT2D eigenvalue weighted by atomic mass is 10.0. The van der Waals surface area contributed by atoms with E-state index in [0.29, 0.717) is 28.5 Å². The highest BCUT2D eigenvalue weighted by atomic mass is 32.1. The van der Waals surface area contributed by atoms with Crippen molar-refractivity contribution in [2.45, 2.75) is 20.8 Å². The molecule has 0 fully saturated rings. The Bertz CT molecular complexity index is 1280. The smallest absolute Gasteiger partial charge is 0.207 e. The van der Waals surface area contributed by atoms with Crippen molar-refractivity contribution in [1.29, 1.82) is 0 Å². The summed E-state index contributed by atoms with van der Waals surface area (Å²) >= 11 is 1.33. The molecule has 0 atom stereocenters. The number of aryl methyl sites for hydroxylation is 2. The Morgan fingerprint density at radius 1 is 1.00 bits per heavy atom. The molecule has 33 heavy (non-hydrogen) atoms. The van der Waals surface area contributed by atoms with Crippen LogP contribution < -0.4 is 14.8 Å². The molecule has 4 aromatic rings. The topological polar surface area (TPSA) is 67.8 Å². The van der Waals surface area contributed by atoms with Crippen molar-refractivity contribution in [2.24, 2.45) is 0 Å². The number of rotatable bonds is 9. The number of likely N-dealkylation sites (N-methyl/N-ethyl adjacent to an activating group) is 1. The van der Waals surface area contributed by atoms with Crippen molar-refractivity contribution >= 4 is 27.2 Å². The van der Waals surface area contributed by atoms with Gasteiger partial charge in [0, 0.05) is 22.2 Å². The third-order valence-electron chi connectivity index (χ3n) is 5.30. The molecule has 0 saturated carbocycles. The monoisotopic (exact) mass is 461 g/mol. The van der Waals surface area contributed by atoms with Gasteiger partial charge in [-0.25, -0.2) is 0 Å². The third kappa shape index (κ3) is 5.18. The number of aromatic hydroxyl groups is 1. The highest BCUT2D eigenvalue weighted by molar-refractivity contribution is 7.21. The lowest BCUT2D eigenvalue weighted by molar-refractivity contribution is 0.104. The van der Waals surface area contributed by atoms with E-state index < -0.39 is 0 Å². The Balaban J connectivity index is 1.66. The highest BCUT2D eigenvalue weighted by Crippen LogP contribution is 2.43. The molecule has 170 valence electrons. The molecule has 0 aliphatic carbocycles. The minimum atomic E-state index is -0.0911. The predicted octanol–water partition coefficient (Wildman–Crippen LogP) is 6.24. The van der Waals surface area contributed by atoms with Gasteiger partial charge in [-0.05, 0) is 68.4 Å². The summed E-state index contributed by atoms with van der Waals surface area (Å²) in [5.41, 5.74) is 2.67. The minimum Gasteiger partial charge on any atom is -0.508 e. The molecule has 1 aromatic heterocycles. The van der Waals surface area contributed by atoms with Gasteiger partial charge in [0.1, 0.15) is 28.7 Å². The summed E-state index contributed by atoms with van der Waals surface area (Å²) in [4.78, 5) is 14.0. The number of hydrogen-bond donors (Lipinski definition) is 2. The fourth-order valence-electron chi connectivity index (χ4n) is 3.64. The van der Waals surface area contributed by atoms with Crippen LogP contribution in [0.2, 0.25) is 0 Å². The fourth-order valence-corrected chi connectivity index (χ4v) is 4.76. The van der Waals surface area contributed by atoms with Gasteiger partial charge in [0.05, 0.1) is 0 Å². The van der Waals surface area contributed by atoms with E-state index in [1.807, 2.05) is 56.3 Å². The van der Waals surface area contributed by atoms with E-state index in [9.17, 15) is 9.90 Å². The molecule has 0 bridgehead atoms. The second-order valence-corrected chi connectivity index (χ2v) is 8.92. The maximum Gasteiger partial charge on any atom is 0.207 e. The number of phenols is 1. The minimum absolute atomic E-state index is 0.0911. The van der Waals surface area contributed by atoms with Gasteiger partial charge >= 0.3 is 0 Å². The zero-order valence-electron chi connectivity index (χ0n) is 19.0. The third-order valence-corrected chi connectivity index (χ3v) is 6.43.